The lowest BCUT2D eigenvalue weighted by atomic mass is 10.0. The number of rotatable bonds is 6. The standard InChI is InChI=1S/C24H19FN2O4/c1-30-19-11-3-15(4-12-19)21-22(26-17-7-13-20(31-2)14-8-17)24(29)27(23(21)28)18-9-5-16(25)6-10-18/h3-14,26H,1-2H3. The van der Waals surface area contributed by atoms with Crippen molar-refractivity contribution >= 4 is 28.8 Å². The Hall–Kier alpha value is -4.13. The van der Waals surface area contributed by atoms with E-state index in [1.165, 1.54) is 24.3 Å². The van der Waals surface area contributed by atoms with E-state index in [4.69, 9.17) is 9.47 Å². The number of carbonyl (C=O) groups excluding carboxylic acids is 2. The number of hydrogen-bond acceptors (Lipinski definition) is 5. The molecule has 1 heterocycles. The Bertz CT molecular complexity index is 1150. The third-order valence-electron chi connectivity index (χ3n) is 4.91. The van der Waals surface area contributed by atoms with Crippen LogP contribution in [0.5, 0.6) is 11.5 Å². The molecule has 1 N–H and O–H groups in total. The number of halogens is 1. The molecular weight excluding hydrogens is 399 g/mol. The zero-order valence-electron chi connectivity index (χ0n) is 16.9. The van der Waals surface area contributed by atoms with Crippen LogP contribution in [-0.4, -0.2) is 26.0 Å². The number of amides is 2. The maximum absolute atomic E-state index is 13.4. The first kappa shape index (κ1) is 20.2. The van der Waals surface area contributed by atoms with Gasteiger partial charge in [-0.2, -0.15) is 0 Å². The Kier molecular flexibility index (Phi) is 5.41. The van der Waals surface area contributed by atoms with Gasteiger partial charge in [0.05, 0.1) is 25.5 Å². The number of ether oxygens (including phenoxy) is 2. The maximum Gasteiger partial charge on any atom is 0.282 e. The Labute approximate surface area is 178 Å². The SMILES string of the molecule is COc1ccc(NC2=C(c3ccc(OC)cc3)C(=O)N(c3ccc(F)cc3)C2=O)cc1. The number of nitrogens with zero attached hydrogens (tertiary/aromatic N) is 1. The van der Waals surface area contributed by atoms with Gasteiger partial charge < -0.3 is 14.8 Å². The van der Waals surface area contributed by atoms with Crippen LogP contribution in [0.25, 0.3) is 5.57 Å². The van der Waals surface area contributed by atoms with Crippen LogP contribution in [0, 0.1) is 5.82 Å². The van der Waals surface area contributed by atoms with Crippen LogP contribution in [-0.2, 0) is 9.59 Å². The van der Waals surface area contributed by atoms with Gasteiger partial charge in [-0.1, -0.05) is 12.1 Å². The van der Waals surface area contributed by atoms with Crippen molar-refractivity contribution in [2.45, 2.75) is 0 Å². The lowest BCUT2D eigenvalue weighted by Gasteiger charge is -2.15. The van der Waals surface area contributed by atoms with Gasteiger partial charge in [0.2, 0.25) is 0 Å². The van der Waals surface area contributed by atoms with Crippen molar-refractivity contribution in [1.82, 2.24) is 0 Å². The summed E-state index contributed by atoms with van der Waals surface area (Å²) in [7, 11) is 3.11. The molecule has 3 aromatic carbocycles. The largest absolute Gasteiger partial charge is 0.497 e. The Balaban J connectivity index is 1.78. The second-order valence-corrected chi connectivity index (χ2v) is 6.75. The fourth-order valence-electron chi connectivity index (χ4n) is 3.31. The van der Waals surface area contributed by atoms with Crippen LogP contribution in [0.1, 0.15) is 5.56 Å². The molecule has 0 unspecified atom stereocenters. The van der Waals surface area contributed by atoms with Crippen molar-refractivity contribution in [2.75, 3.05) is 24.4 Å². The normalized spacial score (nSPS) is 13.6. The first-order valence-corrected chi connectivity index (χ1v) is 9.46. The number of anilines is 2. The van der Waals surface area contributed by atoms with E-state index in [-0.39, 0.29) is 17.0 Å². The highest BCUT2D eigenvalue weighted by molar-refractivity contribution is 6.46. The van der Waals surface area contributed by atoms with Crippen LogP contribution < -0.4 is 19.7 Å². The van der Waals surface area contributed by atoms with E-state index in [1.54, 1.807) is 62.8 Å². The number of methoxy groups -OCH3 is 2. The monoisotopic (exact) mass is 418 g/mol. The van der Waals surface area contributed by atoms with Crippen molar-refractivity contribution in [2.24, 2.45) is 0 Å². The summed E-state index contributed by atoms with van der Waals surface area (Å²) in [4.78, 5) is 27.6. The summed E-state index contributed by atoms with van der Waals surface area (Å²) < 4.78 is 23.7. The molecule has 0 aliphatic carbocycles. The number of imide groups is 1. The third kappa shape index (κ3) is 3.85. The van der Waals surface area contributed by atoms with E-state index >= 15 is 0 Å². The van der Waals surface area contributed by atoms with Crippen molar-refractivity contribution < 1.29 is 23.5 Å². The average Bonchev–Trinajstić information content (AvgIpc) is 3.04. The van der Waals surface area contributed by atoms with Crippen LogP contribution in [0.3, 0.4) is 0 Å². The molecule has 0 saturated carbocycles. The molecule has 31 heavy (non-hydrogen) atoms. The molecule has 1 aliphatic rings. The fraction of sp³-hybridized carbons (Fsp3) is 0.0833. The summed E-state index contributed by atoms with van der Waals surface area (Å²) in [6.07, 6.45) is 0. The van der Waals surface area contributed by atoms with Crippen molar-refractivity contribution in [3.05, 3.63) is 89.9 Å². The van der Waals surface area contributed by atoms with E-state index in [9.17, 15) is 14.0 Å². The molecule has 0 saturated heterocycles. The van der Waals surface area contributed by atoms with Gasteiger partial charge >= 0.3 is 0 Å². The van der Waals surface area contributed by atoms with Gasteiger partial charge in [-0.3, -0.25) is 9.59 Å². The second-order valence-electron chi connectivity index (χ2n) is 6.75. The van der Waals surface area contributed by atoms with Crippen LogP contribution >= 0.6 is 0 Å². The molecule has 0 fully saturated rings. The summed E-state index contributed by atoms with van der Waals surface area (Å²) in [5.41, 5.74) is 1.80. The summed E-state index contributed by atoms with van der Waals surface area (Å²) in [6, 6.07) is 19.0. The Morgan fingerprint density at radius 1 is 0.742 bits per heavy atom. The Morgan fingerprint density at radius 2 is 1.29 bits per heavy atom. The van der Waals surface area contributed by atoms with Gasteiger partial charge in [0.15, 0.2) is 0 Å². The molecule has 1 aliphatic heterocycles. The van der Waals surface area contributed by atoms with Crippen LogP contribution in [0.15, 0.2) is 78.5 Å². The number of benzene rings is 3. The highest BCUT2D eigenvalue weighted by Gasteiger charge is 2.40. The molecular formula is C24H19FN2O4. The van der Waals surface area contributed by atoms with E-state index in [2.05, 4.69) is 5.32 Å². The minimum atomic E-state index is -0.529. The predicted molar refractivity (Wildman–Crippen MR) is 115 cm³/mol. The average molecular weight is 418 g/mol. The van der Waals surface area contributed by atoms with Crippen LogP contribution in [0.4, 0.5) is 15.8 Å². The molecule has 3 aromatic rings. The summed E-state index contributed by atoms with van der Waals surface area (Å²) in [5.74, 6) is -0.198. The van der Waals surface area contributed by atoms with Crippen LogP contribution in [0.2, 0.25) is 0 Å². The number of hydrogen-bond donors (Lipinski definition) is 1. The van der Waals surface area contributed by atoms with Crippen molar-refractivity contribution in [3.8, 4) is 11.5 Å². The molecule has 0 atom stereocenters. The van der Waals surface area contributed by atoms with Crippen molar-refractivity contribution in [3.63, 3.8) is 0 Å². The Morgan fingerprint density at radius 3 is 1.84 bits per heavy atom. The molecule has 0 spiro atoms. The smallest absolute Gasteiger partial charge is 0.282 e. The van der Waals surface area contributed by atoms with E-state index in [0.29, 0.717) is 22.7 Å². The molecule has 156 valence electrons. The van der Waals surface area contributed by atoms with Gasteiger partial charge in [0.25, 0.3) is 11.8 Å². The lowest BCUT2D eigenvalue weighted by Crippen LogP contribution is -2.32. The molecule has 0 aromatic heterocycles. The van der Waals surface area contributed by atoms with Gasteiger partial charge in [-0.05, 0) is 66.2 Å². The third-order valence-corrected chi connectivity index (χ3v) is 4.91. The topological polar surface area (TPSA) is 67.9 Å². The molecule has 0 bridgehead atoms. The number of carbonyl (C=O) groups is 2. The zero-order valence-corrected chi connectivity index (χ0v) is 16.9. The molecule has 7 heteroatoms. The highest BCUT2D eigenvalue weighted by atomic mass is 19.1. The molecule has 6 nitrogen and oxygen atoms in total. The summed E-state index contributed by atoms with van der Waals surface area (Å²) >= 11 is 0. The van der Waals surface area contributed by atoms with E-state index in [1.807, 2.05) is 0 Å². The highest BCUT2D eigenvalue weighted by Crippen LogP contribution is 2.34. The van der Waals surface area contributed by atoms with Gasteiger partial charge in [-0.25, -0.2) is 9.29 Å². The number of nitrogens with one attached hydrogen (secondary N) is 1. The predicted octanol–water partition coefficient (Wildman–Crippen LogP) is 4.24. The quantitative estimate of drug-likeness (QED) is 0.607. The van der Waals surface area contributed by atoms with Gasteiger partial charge in [-0.15, -0.1) is 0 Å². The first-order chi connectivity index (χ1) is 15.0. The lowest BCUT2D eigenvalue weighted by molar-refractivity contribution is -0.120. The fourth-order valence-corrected chi connectivity index (χ4v) is 3.31. The minimum Gasteiger partial charge on any atom is -0.497 e. The molecule has 2 amide bonds. The zero-order chi connectivity index (χ0) is 22.0. The molecule has 0 radical (unpaired) electrons. The van der Waals surface area contributed by atoms with Gasteiger partial charge in [0.1, 0.15) is 23.0 Å². The van der Waals surface area contributed by atoms with E-state index < -0.39 is 17.6 Å². The second kappa shape index (κ2) is 8.31. The summed E-state index contributed by atoms with van der Waals surface area (Å²) in [6.45, 7) is 0. The summed E-state index contributed by atoms with van der Waals surface area (Å²) in [5, 5.41) is 3.07. The van der Waals surface area contributed by atoms with E-state index in [0.717, 1.165) is 4.90 Å². The first-order valence-electron chi connectivity index (χ1n) is 9.46. The maximum atomic E-state index is 13.4. The molecule has 4 rings (SSSR count). The minimum absolute atomic E-state index is 0.129. The van der Waals surface area contributed by atoms with Gasteiger partial charge in [0, 0.05) is 5.69 Å². The van der Waals surface area contributed by atoms with Crippen molar-refractivity contribution in [1.29, 1.82) is 0 Å².